The molecule has 0 heterocycles. The van der Waals surface area contributed by atoms with Crippen LogP contribution in [0.4, 0.5) is 18.9 Å². The fourth-order valence-corrected chi connectivity index (χ4v) is 1.56. The molecule has 17 heavy (non-hydrogen) atoms. The molecule has 0 atom stereocenters. The standard InChI is InChI=1S/C12H7ClF3N/c13-8-2-1-6(5-11(8)17)7-3-9(14)12(16)10(15)4-7/h1-5H,17H2. The predicted molar refractivity (Wildman–Crippen MR) is 61.2 cm³/mol. The first-order valence-electron chi connectivity index (χ1n) is 4.69. The van der Waals surface area contributed by atoms with E-state index in [9.17, 15) is 13.2 Å². The molecule has 0 amide bonds. The van der Waals surface area contributed by atoms with Crippen LogP contribution < -0.4 is 5.73 Å². The van der Waals surface area contributed by atoms with Crippen molar-refractivity contribution in [1.29, 1.82) is 0 Å². The first kappa shape index (κ1) is 11.8. The van der Waals surface area contributed by atoms with Gasteiger partial charge in [-0.1, -0.05) is 17.7 Å². The molecule has 0 aliphatic heterocycles. The van der Waals surface area contributed by atoms with Crippen LogP contribution in [0.25, 0.3) is 11.1 Å². The molecular formula is C12H7ClF3N. The Morgan fingerprint density at radius 1 is 0.882 bits per heavy atom. The molecular weight excluding hydrogens is 251 g/mol. The highest BCUT2D eigenvalue weighted by atomic mass is 35.5. The van der Waals surface area contributed by atoms with E-state index in [1.807, 2.05) is 0 Å². The Hall–Kier alpha value is -1.68. The first-order chi connectivity index (χ1) is 7.99. The third-order valence-corrected chi connectivity index (χ3v) is 2.66. The summed E-state index contributed by atoms with van der Waals surface area (Å²) in [5, 5.41) is 0.344. The summed E-state index contributed by atoms with van der Waals surface area (Å²) in [6.07, 6.45) is 0. The van der Waals surface area contributed by atoms with Gasteiger partial charge in [-0.2, -0.15) is 0 Å². The highest BCUT2D eigenvalue weighted by Crippen LogP contribution is 2.28. The van der Waals surface area contributed by atoms with Crippen molar-refractivity contribution in [2.45, 2.75) is 0 Å². The number of benzene rings is 2. The third-order valence-electron chi connectivity index (χ3n) is 2.31. The zero-order valence-corrected chi connectivity index (χ0v) is 9.23. The number of anilines is 1. The lowest BCUT2D eigenvalue weighted by Crippen LogP contribution is -1.93. The maximum Gasteiger partial charge on any atom is 0.194 e. The number of nitrogens with two attached hydrogens (primary N) is 1. The van der Waals surface area contributed by atoms with Crippen molar-refractivity contribution in [3.05, 3.63) is 52.8 Å². The minimum atomic E-state index is -1.49. The smallest absolute Gasteiger partial charge is 0.194 e. The first-order valence-corrected chi connectivity index (χ1v) is 5.07. The molecule has 0 aliphatic rings. The van der Waals surface area contributed by atoms with Crippen molar-refractivity contribution in [3.8, 4) is 11.1 Å². The second-order valence-electron chi connectivity index (χ2n) is 3.49. The summed E-state index contributed by atoms with van der Waals surface area (Å²) in [6, 6.07) is 6.33. The summed E-state index contributed by atoms with van der Waals surface area (Å²) in [5.41, 5.74) is 6.52. The highest BCUT2D eigenvalue weighted by Gasteiger charge is 2.12. The molecule has 0 aromatic heterocycles. The minimum Gasteiger partial charge on any atom is -0.398 e. The van der Waals surface area contributed by atoms with Crippen molar-refractivity contribution in [2.24, 2.45) is 0 Å². The van der Waals surface area contributed by atoms with Crippen LogP contribution >= 0.6 is 11.6 Å². The summed E-state index contributed by atoms with van der Waals surface area (Å²) < 4.78 is 38.8. The average molecular weight is 258 g/mol. The molecule has 1 nitrogen and oxygen atoms in total. The lowest BCUT2D eigenvalue weighted by Gasteiger charge is -2.05. The van der Waals surface area contributed by atoms with Crippen molar-refractivity contribution in [1.82, 2.24) is 0 Å². The monoisotopic (exact) mass is 257 g/mol. The van der Waals surface area contributed by atoms with Gasteiger partial charge in [-0.15, -0.1) is 0 Å². The quantitative estimate of drug-likeness (QED) is 0.606. The van der Waals surface area contributed by atoms with E-state index in [-0.39, 0.29) is 11.3 Å². The Kier molecular flexibility index (Phi) is 2.98. The molecule has 2 N–H and O–H groups in total. The molecule has 0 saturated carbocycles. The molecule has 0 bridgehead atoms. The number of nitrogen functional groups attached to an aromatic ring is 1. The number of rotatable bonds is 1. The van der Waals surface area contributed by atoms with E-state index in [2.05, 4.69) is 0 Å². The third kappa shape index (κ3) is 2.22. The predicted octanol–water partition coefficient (Wildman–Crippen LogP) is 4.01. The van der Waals surface area contributed by atoms with E-state index < -0.39 is 17.5 Å². The normalized spacial score (nSPS) is 10.6. The fraction of sp³-hybridized carbons (Fsp3) is 0. The second-order valence-corrected chi connectivity index (χ2v) is 3.90. The lowest BCUT2D eigenvalue weighted by atomic mass is 10.0. The summed E-state index contributed by atoms with van der Waals surface area (Å²) in [7, 11) is 0. The minimum absolute atomic E-state index is 0.199. The van der Waals surface area contributed by atoms with E-state index in [0.717, 1.165) is 12.1 Å². The van der Waals surface area contributed by atoms with Crippen molar-refractivity contribution < 1.29 is 13.2 Å². The van der Waals surface area contributed by atoms with E-state index in [1.165, 1.54) is 12.1 Å². The molecule has 0 saturated heterocycles. The maximum absolute atomic E-state index is 13.0. The van der Waals surface area contributed by atoms with Gasteiger partial charge in [0.15, 0.2) is 17.5 Å². The van der Waals surface area contributed by atoms with Crippen LogP contribution in [0, 0.1) is 17.5 Å². The van der Waals surface area contributed by atoms with Crippen LogP contribution in [0.1, 0.15) is 0 Å². The Morgan fingerprint density at radius 2 is 1.47 bits per heavy atom. The number of halogens is 4. The SMILES string of the molecule is Nc1cc(-c2cc(F)c(F)c(F)c2)ccc1Cl. The van der Waals surface area contributed by atoms with Crippen LogP contribution in [0.3, 0.4) is 0 Å². The fourth-order valence-electron chi connectivity index (χ4n) is 1.45. The molecule has 0 radical (unpaired) electrons. The molecule has 0 spiro atoms. The van der Waals surface area contributed by atoms with E-state index in [1.54, 1.807) is 6.07 Å². The van der Waals surface area contributed by atoms with Crippen LogP contribution in [0.2, 0.25) is 5.02 Å². The van der Waals surface area contributed by atoms with Gasteiger partial charge in [-0.3, -0.25) is 0 Å². The number of hydrogen-bond donors (Lipinski definition) is 1. The van der Waals surface area contributed by atoms with Crippen LogP contribution in [0.15, 0.2) is 30.3 Å². The van der Waals surface area contributed by atoms with Crippen molar-refractivity contribution >= 4 is 17.3 Å². The summed E-state index contributed by atoms with van der Waals surface area (Å²) in [5.74, 6) is -3.97. The summed E-state index contributed by atoms with van der Waals surface area (Å²) in [4.78, 5) is 0. The van der Waals surface area contributed by atoms with E-state index in [0.29, 0.717) is 10.6 Å². The lowest BCUT2D eigenvalue weighted by molar-refractivity contribution is 0.448. The molecule has 0 aliphatic carbocycles. The molecule has 88 valence electrons. The Bertz CT molecular complexity index is 561. The Balaban J connectivity index is 2.57. The molecule has 2 rings (SSSR count). The maximum atomic E-state index is 13.0. The van der Waals surface area contributed by atoms with Crippen molar-refractivity contribution in [2.75, 3.05) is 5.73 Å². The highest BCUT2D eigenvalue weighted by molar-refractivity contribution is 6.33. The summed E-state index contributed by atoms with van der Waals surface area (Å²) in [6.45, 7) is 0. The topological polar surface area (TPSA) is 26.0 Å². The average Bonchev–Trinajstić information content (AvgIpc) is 2.29. The van der Waals surface area contributed by atoms with Gasteiger partial charge in [0.05, 0.1) is 10.7 Å². The second kappa shape index (κ2) is 4.30. The van der Waals surface area contributed by atoms with E-state index in [4.69, 9.17) is 17.3 Å². The van der Waals surface area contributed by atoms with Gasteiger partial charge in [0.2, 0.25) is 0 Å². The van der Waals surface area contributed by atoms with Gasteiger partial charge in [-0.25, -0.2) is 13.2 Å². The Labute approximate surface area is 101 Å². The number of hydrogen-bond acceptors (Lipinski definition) is 1. The van der Waals surface area contributed by atoms with Gasteiger partial charge in [0, 0.05) is 0 Å². The van der Waals surface area contributed by atoms with Gasteiger partial charge in [0.1, 0.15) is 0 Å². The van der Waals surface area contributed by atoms with Gasteiger partial charge < -0.3 is 5.73 Å². The molecule has 2 aromatic rings. The molecule has 0 unspecified atom stereocenters. The zero-order chi connectivity index (χ0) is 12.6. The van der Waals surface area contributed by atoms with E-state index >= 15 is 0 Å². The Morgan fingerprint density at radius 3 is 2.00 bits per heavy atom. The molecule has 5 heteroatoms. The molecule has 2 aromatic carbocycles. The zero-order valence-electron chi connectivity index (χ0n) is 8.48. The van der Waals surface area contributed by atoms with Crippen LogP contribution in [-0.4, -0.2) is 0 Å². The van der Waals surface area contributed by atoms with Crippen LogP contribution in [0.5, 0.6) is 0 Å². The largest absolute Gasteiger partial charge is 0.398 e. The van der Waals surface area contributed by atoms with Gasteiger partial charge >= 0.3 is 0 Å². The van der Waals surface area contributed by atoms with Crippen LogP contribution in [-0.2, 0) is 0 Å². The van der Waals surface area contributed by atoms with Gasteiger partial charge in [-0.05, 0) is 35.4 Å². The van der Waals surface area contributed by atoms with Crippen molar-refractivity contribution in [3.63, 3.8) is 0 Å². The summed E-state index contributed by atoms with van der Waals surface area (Å²) >= 11 is 5.72. The van der Waals surface area contributed by atoms with Gasteiger partial charge in [0.25, 0.3) is 0 Å². The molecule has 0 fully saturated rings.